The van der Waals surface area contributed by atoms with Crippen molar-refractivity contribution in [2.45, 2.75) is 12.0 Å². The van der Waals surface area contributed by atoms with E-state index < -0.39 is 5.60 Å². The molecule has 10 heteroatoms. The van der Waals surface area contributed by atoms with Gasteiger partial charge < -0.3 is 14.4 Å². The van der Waals surface area contributed by atoms with E-state index in [0.29, 0.717) is 50.1 Å². The van der Waals surface area contributed by atoms with Crippen LogP contribution in [0.15, 0.2) is 91.9 Å². The molecule has 0 fully saturated rings. The van der Waals surface area contributed by atoms with Gasteiger partial charge in [0.15, 0.2) is 5.60 Å². The molecular formula is C30H24Cl2N6O2. The minimum Gasteiger partial charge on any atom is -0.481 e. The number of methoxy groups -OCH3 is 1. The summed E-state index contributed by atoms with van der Waals surface area (Å²) in [7, 11) is 3.42. The molecule has 0 saturated carbocycles. The van der Waals surface area contributed by atoms with Crippen molar-refractivity contribution in [2.75, 3.05) is 7.11 Å². The molecule has 200 valence electrons. The molecule has 6 rings (SSSR count). The monoisotopic (exact) mass is 570 g/mol. The van der Waals surface area contributed by atoms with Gasteiger partial charge in [0, 0.05) is 29.4 Å². The third-order valence-corrected chi connectivity index (χ3v) is 7.72. The Morgan fingerprint density at radius 2 is 1.68 bits per heavy atom. The zero-order chi connectivity index (χ0) is 27.9. The zero-order valence-electron chi connectivity index (χ0n) is 21.7. The van der Waals surface area contributed by atoms with Crippen LogP contribution in [0, 0.1) is 0 Å². The maximum absolute atomic E-state index is 12.3. The van der Waals surface area contributed by atoms with Gasteiger partial charge in [-0.2, -0.15) is 5.10 Å². The lowest BCUT2D eigenvalue weighted by molar-refractivity contribution is 0.117. The smallest absolute Gasteiger partial charge is 0.218 e. The summed E-state index contributed by atoms with van der Waals surface area (Å²) < 4.78 is 9.14. The molecule has 40 heavy (non-hydrogen) atoms. The van der Waals surface area contributed by atoms with Crippen LogP contribution in [0.4, 0.5) is 0 Å². The molecule has 3 aromatic heterocycles. The third-order valence-electron chi connectivity index (χ3n) is 7.04. The highest BCUT2D eigenvalue weighted by molar-refractivity contribution is 6.36. The van der Waals surface area contributed by atoms with Crippen LogP contribution in [0.2, 0.25) is 10.0 Å². The first-order chi connectivity index (χ1) is 19.4. The van der Waals surface area contributed by atoms with Gasteiger partial charge in [-0.05, 0) is 53.1 Å². The molecule has 0 spiro atoms. The van der Waals surface area contributed by atoms with E-state index in [2.05, 4.69) is 15.1 Å². The second-order valence-electron chi connectivity index (χ2n) is 9.44. The summed E-state index contributed by atoms with van der Waals surface area (Å²) in [5.41, 5.74) is 3.65. The summed E-state index contributed by atoms with van der Waals surface area (Å²) in [5.74, 6) is 0.449. The number of halogens is 2. The van der Waals surface area contributed by atoms with Crippen LogP contribution in [0.3, 0.4) is 0 Å². The van der Waals surface area contributed by atoms with Crippen molar-refractivity contribution in [1.29, 1.82) is 0 Å². The number of imidazole rings is 1. The van der Waals surface area contributed by atoms with Gasteiger partial charge in [-0.25, -0.2) is 19.6 Å². The predicted octanol–water partition coefficient (Wildman–Crippen LogP) is 5.74. The fourth-order valence-electron chi connectivity index (χ4n) is 4.96. The Morgan fingerprint density at radius 3 is 2.33 bits per heavy atom. The van der Waals surface area contributed by atoms with Crippen molar-refractivity contribution in [3.8, 4) is 11.6 Å². The molecule has 1 N–H and O–H groups in total. The number of hydrogen-bond donors (Lipinski definition) is 1. The molecular weight excluding hydrogens is 547 g/mol. The summed E-state index contributed by atoms with van der Waals surface area (Å²) in [5, 5.41) is 18.3. The fraction of sp³-hybridized carbons (Fsp3) is 0.133. The molecule has 8 nitrogen and oxygen atoms in total. The van der Waals surface area contributed by atoms with Crippen LogP contribution in [0.5, 0.6) is 5.88 Å². The molecule has 0 saturated heterocycles. The summed E-state index contributed by atoms with van der Waals surface area (Å²) in [6.45, 7) is 0. The fourth-order valence-corrected chi connectivity index (χ4v) is 5.39. The average Bonchev–Trinajstić information content (AvgIpc) is 3.67. The Kier molecular flexibility index (Phi) is 6.75. The standard InChI is InChI=1S/C30H24Cl2N6O2/c1-37-17-33-15-27(37)30(39,20-5-8-22(31)9-6-20)21-7-12-26-24(14-21)28(32)25(29(36-26)40-2)13-19-3-10-23(11-4-19)38-18-34-16-35-38/h3-12,14-18,39H,13H2,1-2H3. The van der Waals surface area contributed by atoms with Crippen LogP contribution in [0.25, 0.3) is 16.6 Å². The van der Waals surface area contributed by atoms with Gasteiger partial charge in [0.2, 0.25) is 5.88 Å². The Morgan fingerprint density at radius 1 is 0.925 bits per heavy atom. The quantitative estimate of drug-likeness (QED) is 0.263. The Labute approximate surface area is 240 Å². The molecule has 0 aliphatic rings. The molecule has 1 atom stereocenters. The molecule has 0 aliphatic carbocycles. The van der Waals surface area contributed by atoms with E-state index in [1.54, 1.807) is 47.3 Å². The zero-order valence-corrected chi connectivity index (χ0v) is 23.2. The Balaban J connectivity index is 1.46. The van der Waals surface area contributed by atoms with Crippen LogP contribution >= 0.6 is 23.2 Å². The van der Waals surface area contributed by atoms with Crippen molar-refractivity contribution < 1.29 is 9.84 Å². The van der Waals surface area contributed by atoms with Gasteiger partial charge in [-0.3, -0.25) is 0 Å². The van der Waals surface area contributed by atoms with Gasteiger partial charge in [0.05, 0.1) is 41.6 Å². The van der Waals surface area contributed by atoms with Crippen LogP contribution in [0.1, 0.15) is 27.9 Å². The van der Waals surface area contributed by atoms with Gasteiger partial charge in [-0.1, -0.05) is 53.5 Å². The number of nitrogens with zero attached hydrogens (tertiary/aromatic N) is 6. The highest BCUT2D eigenvalue weighted by Crippen LogP contribution is 2.40. The normalized spacial score (nSPS) is 12.9. The second-order valence-corrected chi connectivity index (χ2v) is 10.3. The van der Waals surface area contributed by atoms with E-state index in [0.717, 1.165) is 16.8 Å². The minimum atomic E-state index is -1.52. The van der Waals surface area contributed by atoms with Gasteiger partial charge in [0.1, 0.15) is 12.7 Å². The molecule has 0 aliphatic heterocycles. The van der Waals surface area contributed by atoms with E-state index in [1.807, 2.05) is 61.6 Å². The summed E-state index contributed by atoms with van der Waals surface area (Å²) in [6.07, 6.45) is 6.95. The first kappa shape index (κ1) is 26.0. The number of aliphatic hydroxyl groups is 1. The van der Waals surface area contributed by atoms with E-state index in [4.69, 9.17) is 32.9 Å². The first-order valence-corrected chi connectivity index (χ1v) is 13.2. The summed E-state index contributed by atoms with van der Waals surface area (Å²) in [6, 6.07) is 20.6. The molecule has 0 bridgehead atoms. The van der Waals surface area contributed by atoms with E-state index in [1.165, 1.54) is 6.33 Å². The van der Waals surface area contributed by atoms with Crippen LogP contribution in [-0.2, 0) is 19.1 Å². The number of aromatic nitrogens is 6. The Bertz CT molecular complexity index is 1800. The number of rotatable bonds is 7. The third kappa shape index (κ3) is 4.50. The SMILES string of the molecule is COc1nc2ccc(C(O)(c3ccc(Cl)cc3)c3cncn3C)cc2c(Cl)c1Cc1ccc(-n2cncn2)cc1. The molecule has 1 unspecified atom stereocenters. The highest BCUT2D eigenvalue weighted by atomic mass is 35.5. The second kappa shape index (κ2) is 10.4. The molecule has 3 aromatic carbocycles. The van der Waals surface area contributed by atoms with Gasteiger partial charge >= 0.3 is 0 Å². The van der Waals surface area contributed by atoms with Crippen molar-refractivity contribution in [3.05, 3.63) is 130 Å². The number of ether oxygens (including phenoxy) is 1. The summed E-state index contributed by atoms with van der Waals surface area (Å²) >= 11 is 13.2. The molecule has 0 amide bonds. The molecule has 0 radical (unpaired) electrons. The van der Waals surface area contributed by atoms with E-state index in [9.17, 15) is 5.11 Å². The number of benzene rings is 3. The highest BCUT2D eigenvalue weighted by Gasteiger charge is 2.37. The predicted molar refractivity (Wildman–Crippen MR) is 154 cm³/mol. The van der Waals surface area contributed by atoms with E-state index in [-0.39, 0.29) is 0 Å². The number of aryl methyl sites for hydroxylation is 1. The van der Waals surface area contributed by atoms with Gasteiger partial charge in [-0.15, -0.1) is 0 Å². The van der Waals surface area contributed by atoms with Crippen molar-refractivity contribution in [3.63, 3.8) is 0 Å². The molecule has 3 heterocycles. The van der Waals surface area contributed by atoms with Crippen molar-refractivity contribution in [1.82, 2.24) is 29.3 Å². The maximum Gasteiger partial charge on any atom is 0.218 e. The number of pyridine rings is 1. The number of fused-ring (bicyclic) bond motifs is 1. The topological polar surface area (TPSA) is 90.9 Å². The number of hydrogen-bond acceptors (Lipinski definition) is 6. The lowest BCUT2D eigenvalue weighted by Gasteiger charge is -2.30. The lowest BCUT2D eigenvalue weighted by Crippen LogP contribution is -2.31. The van der Waals surface area contributed by atoms with Gasteiger partial charge in [0.25, 0.3) is 0 Å². The first-order valence-electron chi connectivity index (χ1n) is 12.4. The maximum atomic E-state index is 12.3. The van der Waals surface area contributed by atoms with Crippen LogP contribution in [-0.4, -0.2) is 41.5 Å². The Hall–Kier alpha value is -4.24. The summed E-state index contributed by atoms with van der Waals surface area (Å²) in [4.78, 5) is 13.0. The van der Waals surface area contributed by atoms with Crippen molar-refractivity contribution in [2.24, 2.45) is 7.05 Å². The minimum absolute atomic E-state index is 0.449. The largest absolute Gasteiger partial charge is 0.481 e. The molecule has 6 aromatic rings. The van der Waals surface area contributed by atoms with Crippen LogP contribution < -0.4 is 4.74 Å². The average molecular weight is 571 g/mol. The van der Waals surface area contributed by atoms with E-state index >= 15 is 0 Å². The lowest BCUT2D eigenvalue weighted by atomic mass is 9.83. The van der Waals surface area contributed by atoms with Crippen molar-refractivity contribution >= 4 is 34.1 Å².